The van der Waals surface area contributed by atoms with Gasteiger partial charge in [0, 0.05) is 12.3 Å². The van der Waals surface area contributed by atoms with Crippen LogP contribution in [0.15, 0.2) is 0 Å². The summed E-state index contributed by atoms with van der Waals surface area (Å²) in [7, 11) is 0. The summed E-state index contributed by atoms with van der Waals surface area (Å²) in [6.07, 6.45) is -3.62. The van der Waals surface area contributed by atoms with Crippen LogP contribution in [0, 0.1) is 11.8 Å². The molecule has 5 N–H and O–H groups in total. The maximum atomic E-state index is 11.9. The third-order valence-electron chi connectivity index (χ3n) is 2.46. The van der Waals surface area contributed by atoms with Gasteiger partial charge < -0.3 is 11.9 Å². The molecule has 0 aromatic rings. The van der Waals surface area contributed by atoms with Crippen LogP contribution < -0.4 is 11.9 Å². The predicted octanol–water partition coefficient (Wildman–Crippen LogP) is 2.00. The molecule has 2 atom stereocenters. The molecule has 0 heterocycles. The van der Waals surface area contributed by atoms with Crippen LogP contribution in [0.25, 0.3) is 0 Å². The summed E-state index contributed by atoms with van der Waals surface area (Å²) >= 11 is 0. The lowest BCUT2D eigenvalue weighted by molar-refractivity contribution is -0.144. The first-order chi connectivity index (χ1) is 5.88. The molecule has 0 aromatic carbocycles. The second kappa shape index (κ2) is 4.63. The molecule has 2 unspecified atom stereocenters. The lowest BCUT2D eigenvalue weighted by Crippen LogP contribution is -2.21. The first-order valence-corrected chi connectivity index (χ1v) is 4.24. The number of hydrogen-bond donors (Lipinski definition) is 2. The van der Waals surface area contributed by atoms with E-state index in [9.17, 15) is 18.0 Å². The second-order valence-corrected chi connectivity index (χ2v) is 3.60. The second-order valence-electron chi connectivity index (χ2n) is 3.60. The molecule has 1 fully saturated rings. The van der Waals surface area contributed by atoms with Crippen molar-refractivity contribution in [1.29, 1.82) is 0 Å². The van der Waals surface area contributed by atoms with Crippen LogP contribution >= 0.6 is 0 Å². The van der Waals surface area contributed by atoms with Crippen molar-refractivity contribution in [3.8, 4) is 0 Å². The summed E-state index contributed by atoms with van der Waals surface area (Å²) in [5, 5.41) is 0. The van der Waals surface area contributed by atoms with Gasteiger partial charge in [-0.2, -0.15) is 13.2 Å². The van der Waals surface area contributed by atoms with Crippen LogP contribution in [0.5, 0.6) is 0 Å². The molecule has 1 rings (SSSR count). The van der Waals surface area contributed by atoms with Gasteiger partial charge in [-0.15, -0.1) is 0 Å². The van der Waals surface area contributed by atoms with E-state index in [1.165, 1.54) is 0 Å². The van der Waals surface area contributed by atoms with Gasteiger partial charge in [0.2, 0.25) is 5.91 Å². The van der Waals surface area contributed by atoms with Crippen molar-refractivity contribution in [2.75, 3.05) is 0 Å². The summed E-state index contributed by atoms with van der Waals surface area (Å²) < 4.78 is 35.8. The molecule has 1 saturated carbocycles. The molecule has 1 aliphatic carbocycles. The molecular formula is C8H15F3N2O. The molecule has 0 bridgehead atoms. The van der Waals surface area contributed by atoms with E-state index in [0.29, 0.717) is 19.3 Å². The Labute approximate surface area is 80.4 Å². The number of alkyl halides is 3. The predicted molar refractivity (Wildman–Crippen MR) is 45.7 cm³/mol. The smallest absolute Gasteiger partial charge is 0.369 e. The fourth-order valence-electron chi connectivity index (χ4n) is 1.85. The van der Waals surface area contributed by atoms with Crippen molar-refractivity contribution >= 4 is 5.91 Å². The minimum atomic E-state index is -4.11. The van der Waals surface area contributed by atoms with E-state index in [0.717, 1.165) is 0 Å². The fraction of sp³-hybridized carbons (Fsp3) is 0.875. The largest absolute Gasteiger partial charge is 0.389 e. The van der Waals surface area contributed by atoms with Gasteiger partial charge in [-0.3, -0.25) is 4.79 Å². The summed E-state index contributed by atoms with van der Waals surface area (Å²) in [6, 6.07) is 0. The molecule has 0 saturated heterocycles. The topological polar surface area (TPSA) is 78.1 Å². The van der Waals surface area contributed by atoms with Crippen LogP contribution in [0.2, 0.25) is 0 Å². The Kier molecular flexibility index (Phi) is 4.38. The van der Waals surface area contributed by atoms with E-state index in [4.69, 9.17) is 5.73 Å². The summed E-state index contributed by atoms with van der Waals surface area (Å²) in [5.74, 6) is -1.21. The number of rotatable bonds is 2. The number of carbonyl (C=O) groups is 1. The highest BCUT2D eigenvalue weighted by atomic mass is 19.4. The van der Waals surface area contributed by atoms with Crippen LogP contribution in [0.3, 0.4) is 0 Å². The van der Waals surface area contributed by atoms with Gasteiger partial charge in [-0.1, -0.05) is 0 Å². The molecule has 6 heteroatoms. The number of halogens is 3. The molecule has 1 aliphatic rings. The monoisotopic (exact) mass is 212 g/mol. The zero-order valence-electron chi connectivity index (χ0n) is 7.81. The minimum absolute atomic E-state index is 0. The first-order valence-electron chi connectivity index (χ1n) is 4.24. The first kappa shape index (κ1) is 13.2. The highest BCUT2D eigenvalue weighted by Gasteiger charge is 2.37. The summed E-state index contributed by atoms with van der Waals surface area (Å²) in [6.45, 7) is 0. The molecule has 0 radical (unpaired) electrons. The minimum Gasteiger partial charge on any atom is -0.369 e. The molecule has 14 heavy (non-hydrogen) atoms. The molecular weight excluding hydrogens is 197 g/mol. The Bertz CT molecular complexity index is 205. The van der Waals surface area contributed by atoms with Crippen LogP contribution in [0.4, 0.5) is 13.2 Å². The summed E-state index contributed by atoms with van der Waals surface area (Å²) in [5.41, 5.74) is 5.00. The van der Waals surface area contributed by atoms with Crippen molar-refractivity contribution in [3.05, 3.63) is 0 Å². The normalized spacial score (nSPS) is 27.1. The lowest BCUT2D eigenvalue weighted by atomic mass is 10.0. The molecule has 84 valence electrons. The number of amides is 1. The highest BCUT2D eigenvalue weighted by Crippen LogP contribution is 2.37. The maximum absolute atomic E-state index is 11.9. The summed E-state index contributed by atoms with van der Waals surface area (Å²) in [4.78, 5) is 10.7. The van der Waals surface area contributed by atoms with Crippen molar-refractivity contribution in [2.24, 2.45) is 17.6 Å². The van der Waals surface area contributed by atoms with Gasteiger partial charge in [0.1, 0.15) is 0 Å². The van der Waals surface area contributed by atoms with E-state index in [1.807, 2.05) is 0 Å². The van der Waals surface area contributed by atoms with Gasteiger partial charge in [0.15, 0.2) is 0 Å². The van der Waals surface area contributed by atoms with Gasteiger partial charge in [0.25, 0.3) is 0 Å². The Morgan fingerprint density at radius 2 is 1.93 bits per heavy atom. The van der Waals surface area contributed by atoms with Crippen LogP contribution in [0.1, 0.15) is 25.7 Å². The third-order valence-corrected chi connectivity index (χ3v) is 2.46. The molecule has 0 spiro atoms. The Morgan fingerprint density at radius 3 is 2.29 bits per heavy atom. The van der Waals surface area contributed by atoms with Gasteiger partial charge in [0.05, 0.1) is 0 Å². The Hall–Kier alpha value is -0.780. The van der Waals surface area contributed by atoms with E-state index >= 15 is 0 Å². The standard InChI is InChI=1S/C8H12F3NO.H3N/c9-8(10,11)4-5-1-2-6(3-5)7(12)13;/h5-6H,1-4H2,(H2,12,13);1H3. The number of hydrogen-bond acceptors (Lipinski definition) is 2. The van der Waals surface area contributed by atoms with E-state index in [1.54, 1.807) is 0 Å². The Morgan fingerprint density at radius 1 is 1.36 bits per heavy atom. The number of primary amides is 1. The van der Waals surface area contributed by atoms with Gasteiger partial charge >= 0.3 is 6.18 Å². The Balaban J connectivity index is 0.00000169. The van der Waals surface area contributed by atoms with Gasteiger partial charge in [-0.05, 0) is 25.2 Å². The lowest BCUT2D eigenvalue weighted by Gasteiger charge is -2.12. The highest BCUT2D eigenvalue weighted by molar-refractivity contribution is 5.76. The quantitative estimate of drug-likeness (QED) is 0.734. The van der Waals surface area contributed by atoms with Crippen molar-refractivity contribution in [1.82, 2.24) is 6.15 Å². The average Bonchev–Trinajstić information content (AvgIpc) is 2.31. The average molecular weight is 212 g/mol. The number of carbonyl (C=O) groups excluding carboxylic acids is 1. The molecule has 0 aliphatic heterocycles. The zero-order valence-corrected chi connectivity index (χ0v) is 7.81. The van der Waals surface area contributed by atoms with Crippen molar-refractivity contribution < 1.29 is 18.0 Å². The van der Waals surface area contributed by atoms with Crippen molar-refractivity contribution in [3.63, 3.8) is 0 Å². The van der Waals surface area contributed by atoms with Gasteiger partial charge in [-0.25, -0.2) is 0 Å². The maximum Gasteiger partial charge on any atom is 0.389 e. The third kappa shape index (κ3) is 3.95. The zero-order chi connectivity index (χ0) is 10.1. The van der Waals surface area contributed by atoms with E-state index in [-0.39, 0.29) is 12.1 Å². The van der Waals surface area contributed by atoms with Crippen LogP contribution in [-0.2, 0) is 4.79 Å². The SMILES string of the molecule is N.NC(=O)C1CCC(CC(F)(F)F)C1. The molecule has 1 amide bonds. The molecule has 0 aromatic heterocycles. The number of nitrogens with two attached hydrogens (primary N) is 1. The fourth-order valence-corrected chi connectivity index (χ4v) is 1.85. The van der Waals surface area contributed by atoms with Crippen molar-refractivity contribution in [2.45, 2.75) is 31.9 Å². The van der Waals surface area contributed by atoms with Crippen LogP contribution in [-0.4, -0.2) is 12.1 Å². The van der Waals surface area contributed by atoms with E-state index in [2.05, 4.69) is 0 Å². The van der Waals surface area contributed by atoms with E-state index < -0.39 is 24.4 Å². The molecule has 3 nitrogen and oxygen atoms in total.